The van der Waals surface area contributed by atoms with E-state index in [4.69, 9.17) is 4.74 Å². The Balaban J connectivity index is 2.07. The highest BCUT2D eigenvalue weighted by atomic mass is 32.2. The number of ether oxygens (including phenoxy) is 1. The molecule has 11 heteroatoms. The van der Waals surface area contributed by atoms with Gasteiger partial charge in [0.25, 0.3) is 5.69 Å². The van der Waals surface area contributed by atoms with Crippen LogP contribution >= 0.6 is 0 Å². The summed E-state index contributed by atoms with van der Waals surface area (Å²) in [6.45, 7) is 4.46. The Hall–Kier alpha value is -3.86. The van der Waals surface area contributed by atoms with E-state index in [1.54, 1.807) is 37.3 Å². The molecule has 2 aromatic carbocycles. The molecule has 0 unspecified atom stereocenters. The van der Waals surface area contributed by atoms with E-state index in [9.17, 15) is 28.1 Å². The molecule has 0 saturated heterocycles. The van der Waals surface area contributed by atoms with E-state index in [-0.39, 0.29) is 45.4 Å². The van der Waals surface area contributed by atoms with E-state index in [1.807, 2.05) is 0 Å². The SMILES string of the molecule is CCn1ncc(C(=O)c2cc(C)c(S(C)(=O)=O)c(C)c2[N+](=O)[O-])c1OCC(=O)c1ccccc1. The summed E-state index contributed by atoms with van der Waals surface area (Å²) in [5.74, 6) is -1.09. The number of aromatic nitrogens is 2. The zero-order chi connectivity index (χ0) is 25.2. The lowest BCUT2D eigenvalue weighted by Gasteiger charge is -2.13. The molecule has 0 aliphatic heterocycles. The zero-order valence-electron chi connectivity index (χ0n) is 19.1. The van der Waals surface area contributed by atoms with Crippen molar-refractivity contribution in [3.63, 3.8) is 0 Å². The van der Waals surface area contributed by atoms with Gasteiger partial charge in [0.05, 0.1) is 16.0 Å². The molecule has 0 radical (unpaired) electrons. The van der Waals surface area contributed by atoms with Gasteiger partial charge in [0.2, 0.25) is 11.7 Å². The normalized spacial score (nSPS) is 11.3. The molecule has 0 bridgehead atoms. The Morgan fingerprint density at radius 3 is 2.35 bits per heavy atom. The number of ketones is 2. The first-order chi connectivity index (χ1) is 16.0. The number of Topliss-reactive ketones (excluding diaryl/α,β-unsaturated/α-hetero) is 1. The third kappa shape index (κ3) is 4.74. The predicted octanol–water partition coefficient (Wildman–Crippen LogP) is 3.32. The summed E-state index contributed by atoms with van der Waals surface area (Å²) in [7, 11) is -3.77. The van der Waals surface area contributed by atoms with Crippen molar-refractivity contribution in [2.75, 3.05) is 12.9 Å². The van der Waals surface area contributed by atoms with E-state index in [0.717, 1.165) is 6.26 Å². The number of nitro benzene ring substituents is 1. The average molecular weight is 486 g/mol. The van der Waals surface area contributed by atoms with E-state index < -0.39 is 26.2 Å². The zero-order valence-corrected chi connectivity index (χ0v) is 19.9. The number of nitrogens with zero attached hydrogens (tertiary/aromatic N) is 3. The minimum absolute atomic E-state index is 0.00595. The molecule has 3 rings (SSSR count). The summed E-state index contributed by atoms with van der Waals surface area (Å²) in [5.41, 5.74) is -0.458. The van der Waals surface area contributed by atoms with Crippen molar-refractivity contribution in [3.8, 4) is 5.88 Å². The van der Waals surface area contributed by atoms with E-state index in [0.29, 0.717) is 12.1 Å². The fourth-order valence-corrected chi connectivity index (χ4v) is 5.13. The van der Waals surface area contributed by atoms with E-state index >= 15 is 0 Å². The molecule has 0 spiro atoms. The van der Waals surface area contributed by atoms with Gasteiger partial charge < -0.3 is 4.74 Å². The molecule has 0 aliphatic rings. The number of nitro groups is 1. The first-order valence-electron chi connectivity index (χ1n) is 10.3. The number of hydrogen-bond acceptors (Lipinski definition) is 8. The fourth-order valence-electron chi connectivity index (χ4n) is 3.83. The lowest BCUT2D eigenvalue weighted by Crippen LogP contribution is -2.16. The molecule has 0 aliphatic carbocycles. The molecular formula is C23H23N3O7S. The first-order valence-corrected chi connectivity index (χ1v) is 12.2. The number of sulfone groups is 1. The highest BCUT2D eigenvalue weighted by Gasteiger charge is 2.32. The summed E-state index contributed by atoms with van der Waals surface area (Å²) < 4.78 is 31.4. The van der Waals surface area contributed by atoms with Crippen molar-refractivity contribution in [2.45, 2.75) is 32.2 Å². The average Bonchev–Trinajstić information content (AvgIpc) is 3.18. The number of carbonyl (C=O) groups excluding carboxylic acids is 2. The maximum Gasteiger partial charge on any atom is 0.284 e. The van der Waals surface area contributed by atoms with Crippen LogP contribution in [0.3, 0.4) is 0 Å². The minimum Gasteiger partial charge on any atom is -0.469 e. The number of rotatable bonds is 9. The van der Waals surface area contributed by atoms with Crippen molar-refractivity contribution >= 4 is 27.1 Å². The second-order valence-corrected chi connectivity index (χ2v) is 9.61. The smallest absolute Gasteiger partial charge is 0.284 e. The first kappa shape index (κ1) is 24.8. The maximum atomic E-state index is 13.4. The summed E-state index contributed by atoms with van der Waals surface area (Å²) in [4.78, 5) is 36.8. The highest BCUT2D eigenvalue weighted by molar-refractivity contribution is 7.90. The number of benzene rings is 2. The molecule has 0 atom stereocenters. The van der Waals surface area contributed by atoms with Gasteiger partial charge in [-0.2, -0.15) is 5.10 Å². The van der Waals surface area contributed by atoms with Gasteiger partial charge in [-0.05, 0) is 32.4 Å². The lowest BCUT2D eigenvalue weighted by molar-refractivity contribution is -0.385. The highest BCUT2D eigenvalue weighted by Crippen LogP contribution is 2.35. The third-order valence-corrected chi connectivity index (χ3v) is 6.61. The molecule has 178 valence electrons. The van der Waals surface area contributed by atoms with Gasteiger partial charge in [-0.15, -0.1) is 0 Å². The van der Waals surface area contributed by atoms with Gasteiger partial charge in [-0.1, -0.05) is 30.3 Å². The van der Waals surface area contributed by atoms with Gasteiger partial charge in [0, 0.05) is 23.9 Å². The Kier molecular flexibility index (Phi) is 6.96. The third-order valence-electron chi connectivity index (χ3n) is 5.24. The summed E-state index contributed by atoms with van der Waals surface area (Å²) in [6, 6.07) is 9.64. The largest absolute Gasteiger partial charge is 0.469 e. The molecule has 34 heavy (non-hydrogen) atoms. The fraction of sp³-hybridized carbons (Fsp3) is 0.261. The van der Waals surface area contributed by atoms with Crippen LogP contribution in [0.4, 0.5) is 5.69 Å². The molecule has 1 aromatic heterocycles. The van der Waals surface area contributed by atoms with Crippen molar-refractivity contribution in [2.24, 2.45) is 0 Å². The van der Waals surface area contributed by atoms with Crippen LogP contribution in [-0.4, -0.2) is 47.6 Å². The molecule has 0 saturated carbocycles. The van der Waals surface area contributed by atoms with Crippen LogP contribution in [0.1, 0.15) is 44.3 Å². The molecule has 10 nitrogen and oxygen atoms in total. The van der Waals surface area contributed by atoms with E-state index in [1.165, 1.54) is 30.8 Å². The maximum absolute atomic E-state index is 13.4. The monoisotopic (exact) mass is 485 g/mol. The van der Waals surface area contributed by atoms with Gasteiger partial charge in [-0.25, -0.2) is 13.1 Å². The van der Waals surface area contributed by atoms with Crippen LogP contribution in [0, 0.1) is 24.0 Å². The van der Waals surface area contributed by atoms with Gasteiger partial charge in [-0.3, -0.25) is 19.7 Å². The molecule has 0 amide bonds. The predicted molar refractivity (Wildman–Crippen MR) is 123 cm³/mol. The van der Waals surface area contributed by atoms with Gasteiger partial charge in [0.15, 0.2) is 22.2 Å². The van der Waals surface area contributed by atoms with Crippen LogP contribution in [0.5, 0.6) is 5.88 Å². The Morgan fingerprint density at radius 2 is 1.79 bits per heavy atom. The second-order valence-electron chi connectivity index (χ2n) is 7.66. The van der Waals surface area contributed by atoms with Crippen LogP contribution in [0.2, 0.25) is 0 Å². The Morgan fingerprint density at radius 1 is 1.15 bits per heavy atom. The minimum atomic E-state index is -3.77. The Bertz CT molecular complexity index is 1390. The Labute approximate surface area is 196 Å². The standard InChI is InChI=1S/C23H23N3O7S/c1-5-25-23(33-13-19(27)16-9-7-6-8-10-16)18(12-24-25)21(28)17-11-14(2)22(34(4,31)32)15(3)20(17)26(29)30/h6-12H,5,13H2,1-4H3. The van der Waals surface area contributed by atoms with Crippen LogP contribution in [0.15, 0.2) is 47.5 Å². The molecule has 0 fully saturated rings. The van der Waals surface area contributed by atoms with Gasteiger partial charge in [0.1, 0.15) is 11.1 Å². The summed E-state index contributed by atoms with van der Waals surface area (Å²) in [6.07, 6.45) is 2.17. The van der Waals surface area contributed by atoms with Crippen LogP contribution < -0.4 is 4.74 Å². The molecule has 3 aromatic rings. The quantitative estimate of drug-likeness (QED) is 0.255. The van der Waals surface area contributed by atoms with Crippen LogP contribution in [0.25, 0.3) is 0 Å². The summed E-state index contributed by atoms with van der Waals surface area (Å²) in [5, 5.41) is 16.0. The topological polar surface area (TPSA) is 138 Å². The van der Waals surface area contributed by atoms with Crippen molar-refractivity contribution < 1.29 is 27.7 Å². The number of aryl methyl sites for hydroxylation is 2. The molecular weight excluding hydrogens is 462 g/mol. The van der Waals surface area contributed by atoms with Crippen molar-refractivity contribution in [1.29, 1.82) is 0 Å². The second kappa shape index (κ2) is 9.56. The van der Waals surface area contributed by atoms with Crippen molar-refractivity contribution in [1.82, 2.24) is 9.78 Å². The number of carbonyl (C=O) groups is 2. The summed E-state index contributed by atoms with van der Waals surface area (Å²) >= 11 is 0. The van der Waals surface area contributed by atoms with Gasteiger partial charge >= 0.3 is 0 Å². The molecule has 0 N–H and O–H groups in total. The van der Waals surface area contributed by atoms with Crippen LogP contribution in [-0.2, 0) is 16.4 Å². The molecule has 1 heterocycles. The number of hydrogen-bond donors (Lipinski definition) is 0. The lowest BCUT2D eigenvalue weighted by atomic mass is 9.98. The van der Waals surface area contributed by atoms with Crippen molar-refractivity contribution in [3.05, 3.63) is 80.5 Å². The van der Waals surface area contributed by atoms with E-state index in [2.05, 4.69) is 5.10 Å².